The van der Waals surface area contributed by atoms with Gasteiger partial charge in [-0.1, -0.05) is 6.92 Å². The number of hydrogen-bond donors (Lipinski definition) is 1. The molecule has 0 radical (unpaired) electrons. The van der Waals surface area contributed by atoms with Gasteiger partial charge in [0.05, 0.1) is 0 Å². The zero-order valence-electron chi connectivity index (χ0n) is 7.54. The Kier molecular flexibility index (Phi) is 1.84. The van der Waals surface area contributed by atoms with Crippen LogP contribution in [0.15, 0.2) is 0 Å². The summed E-state index contributed by atoms with van der Waals surface area (Å²) in [6.45, 7) is 4.18. The second-order valence-electron chi connectivity index (χ2n) is 3.22. The molecule has 0 saturated carbocycles. The maximum Gasteiger partial charge on any atom is 0.150 e. The fraction of sp³-hybridized carbons (Fsp3) is 0.750. The lowest BCUT2D eigenvalue weighted by Gasteiger charge is -2.25. The summed E-state index contributed by atoms with van der Waals surface area (Å²) in [5, 5.41) is 7.54. The number of rotatable bonds is 2. The average Bonchev–Trinajstić information content (AvgIpc) is 2.29. The highest BCUT2D eigenvalue weighted by Gasteiger charge is 2.23. The molecule has 66 valence electrons. The van der Waals surface area contributed by atoms with Crippen LogP contribution in [0.1, 0.15) is 24.5 Å². The highest BCUT2D eigenvalue weighted by molar-refractivity contribution is 5.05. The third kappa shape index (κ3) is 1.12. The van der Waals surface area contributed by atoms with Gasteiger partial charge < -0.3 is 5.32 Å². The van der Waals surface area contributed by atoms with Gasteiger partial charge in [0, 0.05) is 32.5 Å². The topological polar surface area (TPSA) is 42.7 Å². The Morgan fingerprint density at radius 2 is 2.33 bits per heavy atom. The lowest BCUT2D eigenvalue weighted by Crippen LogP contribution is -2.41. The van der Waals surface area contributed by atoms with Crippen LogP contribution < -0.4 is 5.32 Å². The average molecular weight is 166 g/mol. The molecule has 0 spiro atoms. The number of hydrogen-bond acceptors (Lipinski definition) is 3. The third-order valence-corrected chi connectivity index (χ3v) is 2.30. The van der Waals surface area contributed by atoms with E-state index >= 15 is 0 Å². The first-order chi connectivity index (χ1) is 5.81. The molecule has 1 aliphatic rings. The van der Waals surface area contributed by atoms with Crippen molar-refractivity contribution in [3.8, 4) is 0 Å². The Labute approximate surface area is 72.0 Å². The molecular weight excluding hydrogens is 152 g/mol. The quantitative estimate of drug-likeness (QED) is 0.675. The van der Waals surface area contributed by atoms with Crippen LogP contribution in [0, 0.1) is 0 Å². The van der Waals surface area contributed by atoms with Crippen molar-refractivity contribution in [3.05, 3.63) is 11.6 Å². The van der Waals surface area contributed by atoms with Gasteiger partial charge in [-0.2, -0.15) is 5.10 Å². The van der Waals surface area contributed by atoms with E-state index in [1.165, 1.54) is 0 Å². The van der Waals surface area contributed by atoms with E-state index in [4.69, 9.17) is 0 Å². The highest BCUT2D eigenvalue weighted by Crippen LogP contribution is 2.16. The van der Waals surface area contributed by atoms with Gasteiger partial charge in [0.2, 0.25) is 0 Å². The summed E-state index contributed by atoms with van der Waals surface area (Å²) in [6.07, 6.45) is 0.925. The lowest BCUT2D eigenvalue weighted by atomic mass is 10.0. The van der Waals surface area contributed by atoms with E-state index in [1.54, 1.807) is 0 Å². The molecule has 1 fully saturated rings. The molecule has 0 bridgehead atoms. The number of nitrogens with zero attached hydrogens (tertiary/aromatic N) is 3. The minimum Gasteiger partial charge on any atom is -0.315 e. The van der Waals surface area contributed by atoms with Gasteiger partial charge in [0.15, 0.2) is 5.82 Å². The predicted molar refractivity (Wildman–Crippen MR) is 46.0 cm³/mol. The molecule has 0 aliphatic carbocycles. The zero-order valence-corrected chi connectivity index (χ0v) is 7.54. The summed E-state index contributed by atoms with van der Waals surface area (Å²) in [5.74, 6) is 2.67. The second-order valence-corrected chi connectivity index (χ2v) is 3.22. The van der Waals surface area contributed by atoms with Gasteiger partial charge in [-0.15, -0.1) is 0 Å². The molecule has 1 aromatic heterocycles. The van der Waals surface area contributed by atoms with Gasteiger partial charge in [-0.25, -0.2) is 4.98 Å². The van der Waals surface area contributed by atoms with E-state index in [9.17, 15) is 0 Å². The summed E-state index contributed by atoms with van der Waals surface area (Å²) in [5.41, 5.74) is 0. The summed E-state index contributed by atoms with van der Waals surface area (Å²) in [4.78, 5) is 4.46. The molecule has 4 nitrogen and oxygen atoms in total. The zero-order chi connectivity index (χ0) is 8.55. The van der Waals surface area contributed by atoms with E-state index < -0.39 is 0 Å². The number of nitrogens with one attached hydrogen (secondary N) is 1. The SMILES string of the molecule is CCc1nc(C2CNC2)n(C)n1. The molecular formula is C8H14N4. The van der Waals surface area contributed by atoms with E-state index in [-0.39, 0.29) is 0 Å². The molecule has 2 rings (SSSR count). The van der Waals surface area contributed by atoms with Crippen molar-refractivity contribution >= 4 is 0 Å². The molecule has 0 unspecified atom stereocenters. The van der Waals surface area contributed by atoms with Gasteiger partial charge in [-0.3, -0.25) is 4.68 Å². The van der Waals surface area contributed by atoms with Crippen molar-refractivity contribution in [2.24, 2.45) is 7.05 Å². The first kappa shape index (κ1) is 7.73. The van der Waals surface area contributed by atoms with Crippen LogP contribution in [-0.2, 0) is 13.5 Å². The van der Waals surface area contributed by atoms with Crippen LogP contribution in [0.25, 0.3) is 0 Å². The third-order valence-electron chi connectivity index (χ3n) is 2.30. The van der Waals surface area contributed by atoms with E-state index in [0.717, 1.165) is 31.2 Å². The monoisotopic (exact) mass is 166 g/mol. The fourth-order valence-corrected chi connectivity index (χ4v) is 1.43. The van der Waals surface area contributed by atoms with Crippen LogP contribution >= 0.6 is 0 Å². The lowest BCUT2D eigenvalue weighted by molar-refractivity contribution is 0.416. The number of aryl methyl sites for hydroxylation is 2. The number of aromatic nitrogens is 3. The Morgan fingerprint density at radius 1 is 1.58 bits per heavy atom. The molecule has 1 aliphatic heterocycles. The standard InChI is InChI=1S/C8H14N4/c1-3-7-10-8(12(2)11-7)6-4-9-5-6/h6,9H,3-5H2,1-2H3. The molecule has 2 heterocycles. The Balaban J connectivity index is 2.23. The van der Waals surface area contributed by atoms with Crippen molar-refractivity contribution in [1.82, 2.24) is 20.1 Å². The molecule has 0 amide bonds. The maximum absolute atomic E-state index is 4.46. The van der Waals surface area contributed by atoms with Gasteiger partial charge in [0.1, 0.15) is 5.82 Å². The first-order valence-electron chi connectivity index (χ1n) is 4.41. The summed E-state index contributed by atoms with van der Waals surface area (Å²) in [7, 11) is 1.97. The van der Waals surface area contributed by atoms with E-state index in [1.807, 2.05) is 11.7 Å². The molecule has 0 aromatic carbocycles. The Bertz CT molecular complexity index is 275. The first-order valence-corrected chi connectivity index (χ1v) is 4.41. The minimum absolute atomic E-state index is 0.586. The Hall–Kier alpha value is -0.900. The highest BCUT2D eigenvalue weighted by atomic mass is 15.3. The maximum atomic E-state index is 4.46. The van der Waals surface area contributed by atoms with Crippen LogP contribution in [0.2, 0.25) is 0 Å². The van der Waals surface area contributed by atoms with Crippen LogP contribution in [0.5, 0.6) is 0 Å². The Morgan fingerprint density at radius 3 is 2.75 bits per heavy atom. The van der Waals surface area contributed by atoms with Crippen molar-refractivity contribution < 1.29 is 0 Å². The van der Waals surface area contributed by atoms with Crippen molar-refractivity contribution in [2.45, 2.75) is 19.3 Å². The molecule has 1 saturated heterocycles. The fourth-order valence-electron chi connectivity index (χ4n) is 1.43. The van der Waals surface area contributed by atoms with E-state index in [0.29, 0.717) is 5.92 Å². The molecule has 0 atom stereocenters. The largest absolute Gasteiger partial charge is 0.315 e. The minimum atomic E-state index is 0.586. The predicted octanol–water partition coefficient (Wildman–Crippen LogP) is 0.0643. The molecule has 1 aromatic rings. The second kappa shape index (κ2) is 2.86. The molecule has 4 heteroatoms. The van der Waals surface area contributed by atoms with Gasteiger partial charge in [0.25, 0.3) is 0 Å². The van der Waals surface area contributed by atoms with Crippen LogP contribution in [0.3, 0.4) is 0 Å². The molecule has 1 N–H and O–H groups in total. The van der Waals surface area contributed by atoms with Crippen molar-refractivity contribution in [1.29, 1.82) is 0 Å². The van der Waals surface area contributed by atoms with Crippen molar-refractivity contribution in [3.63, 3.8) is 0 Å². The van der Waals surface area contributed by atoms with Crippen LogP contribution in [-0.4, -0.2) is 27.9 Å². The van der Waals surface area contributed by atoms with Crippen molar-refractivity contribution in [2.75, 3.05) is 13.1 Å². The smallest absolute Gasteiger partial charge is 0.150 e. The summed E-state index contributed by atoms with van der Waals surface area (Å²) in [6, 6.07) is 0. The summed E-state index contributed by atoms with van der Waals surface area (Å²) >= 11 is 0. The van der Waals surface area contributed by atoms with Crippen LogP contribution in [0.4, 0.5) is 0 Å². The summed E-state index contributed by atoms with van der Waals surface area (Å²) < 4.78 is 1.91. The normalized spacial score (nSPS) is 17.8. The van der Waals surface area contributed by atoms with E-state index in [2.05, 4.69) is 22.3 Å². The van der Waals surface area contributed by atoms with Gasteiger partial charge in [-0.05, 0) is 0 Å². The molecule has 12 heavy (non-hydrogen) atoms. The van der Waals surface area contributed by atoms with Gasteiger partial charge >= 0.3 is 0 Å².